The second kappa shape index (κ2) is 9.12. The quantitative estimate of drug-likeness (QED) is 0.493. The second-order valence-corrected chi connectivity index (χ2v) is 7.14. The van der Waals surface area contributed by atoms with Gasteiger partial charge in [-0.2, -0.15) is 0 Å². The summed E-state index contributed by atoms with van der Waals surface area (Å²) in [5.41, 5.74) is 0.788. The van der Waals surface area contributed by atoms with Crippen LogP contribution >= 0.6 is 34.8 Å². The molecule has 0 saturated carbocycles. The van der Waals surface area contributed by atoms with Crippen LogP contribution in [0.1, 0.15) is 23.8 Å². The summed E-state index contributed by atoms with van der Waals surface area (Å²) in [7, 11) is 2.84. The molecule has 1 aromatic heterocycles. The first-order valence-electron chi connectivity index (χ1n) is 7.30. The topological polar surface area (TPSA) is 83.7 Å². The molecule has 0 unspecified atom stereocenters. The molecule has 0 aliphatic heterocycles. The number of ether oxygens (including phenoxy) is 3. The molecule has 26 heavy (non-hydrogen) atoms. The van der Waals surface area contributed by atoms with Crippen LogP contribution in [0.25, 0.3) is 12.2 Å². The van der Waals surface area contributed by atoms with E-state index in [1.54, 1.807) is 30.4 Å². The molecular formula is C16H15Cl3N2O5. The lowest BCUT2D eigenvalue weighted by atomic mass is 10.2. The van der Waals surface area contributed by atoms with Gasteiger partial charge >= 0.3 is 5.97 Å². The van der Waals surface area contributed by atoms with Crippen molar-refractivity contribution < 1.29 is 23.4 Å². The van der Waals surface area contributed by atoms with Crippen LogP contribution in [0, 0.1) is 0 Å². The molecule has 0 saturated heterocycles. The number of nitrogens with zero attached hydrogens (tertiary/aromatic N) is 2. The maximum Gasteiger partial charge on any atom is 0.308 e. The number of rotatable bonds is 7. The minimum absolute atomic E-state index is 0.117. The van der Waals surface area contributed by atoms with E-state index in [-0.39, 0.29) is 30.8 Å². The van der Waals surface area contributed by atoms with Crippen molar-refractivity contribution in [3.05, 3.63) is 35.5 Å². The summed E-state index contributed by atoms with van der Waals surface area (Å²) in [4.78, 5) is 11.1. The van der Waals surface area contributed by atoms with Gasteiger partial charge in [-0.15, -0.1) is 10.2 Å². The van der Waals surface area contributed by atoms with Crippen LogP contribution in [0.5, 0.6) is 11.5 Å². The fourth-order valence-electron chi connectivity index (χ4n) is 1.84. The number of esters is 1. The third-order valence-electron chi connectivity index (χ3n) is 3.08. The monoisotopic (exact) mass is 420 g/mol. The molecule has 140 valence electrons. The van der Waals surface area contributed by atoms with Gasteiger partial charge in [-0.25, -0.2) is 0 Å². The van der Waals surface area contributed by atoms with Gasteiger partial charge < -0.3 is 18.6 Å². The molecule has 0 amide bonds. The molecule has 0 atom stereocenters. The molecule has 0 radical (unpaired) electrons. The van der Waals surface area contributed by atoms with Crippen molar-refractivity contribution in [1.82, 2.24) is 10.2 Å². The van der Waals surface area contributed by atoms with E-state index in [0.29, 0.717) is 11.5 Å². The molecule has 0 spiro atoms. The highest BCUT2D eigenvalue weighted by molar-refractivity contribution is 6.66. The van der Waals surface area contributed by atoms with Gasteiger partial charge in [0.05, 0.1) is 27.2 Å². The summed E-state index contributed by atoms with van der Waals surface area (Å²) in [5, 5.41) is 7.42. The smallest absolute Gasteiger partial charge is 0.308 e. The molecule has 0 fully saturated rings. The summed E-state index contributed by atoms with van der Waals surface area (Å²) in [6.45, 7) is 0.181. The Labute approximate surface area is 164 Å². The summed E-state index contributed by atoms with van der Waals surface area (Å²) in [5.74, 6) is 0.726. The first kappa shape index (κ1) is 20.4. The number of hydrogen-bond acceptors (Lipinski definition) is 7. The lowest BCUT2D eigenvalue weighted by molar-refractivity contribution is -0.141. The van der Waals surface area contributed by atoms with Crippen LogP contribution in [0.4, 0.5) is 0 Å². The Morgan fingerprint density at radius 3 is 2.58 bits per heavy atom. The number of carbonyl (C=O) groups excluding carboxylic acids is 1. The van der Waals surface area contributed by atoms with Crippen LogP contribution in [-0.4, -0.2) is 37.0 Å². The van der Waals surface area contributed by atoms with Crippen molar-refractivity contribution in [1.29, 1.82) is 0 Å². The summed E-state index contributed by atoms with van der Waals surface area (Å²) in [6, 6.07) is 5.26. The zero-order chi connectivity index (χ0) is 19.2. The van der Waals surface area contributed by atoms with E-state index < -0.39 is 3.79 Å². The number of halogens is 3. The molecule has 10 heteroatoms. The summed E-state index contributed by atoms with van der Waals surface area (Å²) in [6.07, 6.45) is 3.43. The van der Waals surface area contributed by atoms with E-state index in [9.17, 15) is 4.79 Å². The minimum Gasteiger partial charge on any atom is -0.493 e. The summed E-state index contributed by atoms with van der Waals surface area (Å²) >= 11 is 17.0. The van der Waals surface area contributed by atoms with Crippen LogP contribution in [0.15, 0.2) is 22.6 Å². The average Bonchev–Trinajstić information content (AvgIpc) is 3.09. The second-order valence-electron chi connectivity index (χ2n) is 4.86. The molecule has 0 bridgehead atoms. The molecule has 1 heterocycles. The number of benzene rings is 1. The predicted molar refractivity (Wildman–Crippen MR) is 97.6 cm³/mol. The van der Waals surface area contributed by atoms with Gasteiger partial charge in [0, 0.05) is 6.08 Å². The first-order valence-corrected chi connectivity index (χ1v) is 8.43. The fourth-order valence-corrected chi connectivity index (χ4v) is 2.07. The summed E-state index contributed by atoms with van der Waals surface area (Å²) < 4.78 is 18.8. The normalized spacial score (nSPS) is 11.6. The Morgan fingerprint density at radius 1 is 1.19 bits per heavy atom. The number of alkyl halides is 3. The third-order valence-corrected chi connectivity index (χ3v) is 3.57. The van der Waals surface area contributed by atoms with Crippen LogP contribution in [-0.2, 0) is 13.3 Å². The third kappa shape index (κ3) is 5.79. The Balaban J connectivity index is 2.06. The highest BCUT2D eigenvalue weighted by Gasteiger charge is 2.29. The highest BCUT2D eigenvalue weighted by Crippen LogP contribution is 2.37. The maximum absolute atomic E-state index is 11.1. The van der Waals surface area contributed by atoms with E-state index in [1.165, 1.54) is 14.2 Å². The van der Waals surface area contributed by atoms with Gasteiger partial charge in [0.15, 0.2) is 11.5 Å². The van der Waals surface area contributed by atoms with Gasteiger partial charge in [0.2, 0.25) is 5.89 Å². The zero-order valence-electron chi connectivity index (χ0n) is 13.9. The van der Waals surface area contributed by atoms with Crippen molar-refractivity contribution in [2.24, 2.45) is 0 Å². The highest BCUT2D eigenvalue weighted by atomic mass is 35.6. The van der Waals surface area contributed by atoms with Crippen molar-refractivity contribution in [2.45, 2.75) is 10.2 Å². The molecule has 1 aromatic carbocycles. The SMILES string of the molecule is COC(=O)CCOc1ccc(C=Cc2nnc(C(Cl)(Cl)Cl)o2)cc1OC. The van der Waals surface area contributed by atoms with Gasteiger partial charge in [-0.1, -0.05) is 40.9 Å². The lowest BCUT2D eigenvalue weighted by Gasteiger charge is -2.10. The molecule has 2 rings (SSSR count). The molecule has 0 aliphatic rings. The standard InChI is InChI=1S/C16H15Cl3N2O5/c1-23-12-9-10(3-5-11(12)25-8-7-14(22)24-2)4-6-13-20-21-15(26-13)16(17,18)19/h3-6,9H,7-8H2,1-2H3. The zero-order valence-corrected chi connectivity index (χ0v) is 16.1. The van der Waals surface area contributed by atoms with Gasteiger partial charge in [-0.05, 0) is 23.8 Å². The Bertz CT molecular complexity index is 786. The van der Waals surface area contributed by atoms with Gasteiger partial charge in [0.1, 0.15) is 0 Å². The Hall–Kier alpha value is -1.96. The molecule has 0 N–H and O–H groups in total. The van der Waals surface area contributed by atoms with E-state index >= 15 is 0 Å². The minimum atomic E-state index is -1.77. The molecule has 0 aliphatic carbocycles. The largest absolute Gasteiger partial charge is 0.493 e. The van der Waals surface area contributed by atoms with Crippen molar-refractivity contribution >= 4 is 52.9 Å². The maximum atomic E-state index is 11.1. The van der Waals surface area contributed by atoms with Gasteiger partial charge in [0.25, 0.3) is 9.68 Å². The van der Waals surface area contributed by atoms with E-state index in [1.807, 2.05) is 0 Å². The molecule has 7 nitrogen and oxygen atoms in total. The van der Waals surface area contributed by atoms with Crippen LogP contribution in [0.2, 0.25) is 0 Å². The predicted octanol–water partition coefficient (Wildman–Crippen LogP) is 4.02. The van der Waals surface area contributed by atoms with E-state index in [0.717, 1.165) is 5.56 Å². The fraction of sp³-hybridized carbons (Fsp3) is 0.312. The molecular weight excluding hydrogens is 407 g/mol. The van der Waals surface area contributed by atoms with Crippen LogP contribution < -0.4 is 9.47 Å². The number of methoxy groups -OCH3 is 2. The number of aromatic nitrogens is 2. The lowest BCUT2D eigenvalue weighted by Crippen LogP contribution is -2.08. The molecule has 2 aromatic rings. The number of carbonyl (C=O) groups is 1. The average molecular weight is 422 g/mol. The first-order chi connectivity index (χ1) is 12.3. The number of hydrogen-bond donors (Lipinski definition) is 0. The van der Waals surface area contributed by atoms with Crippen molar-refractivity contribution in [2.75, 3.05) is 20.8 Å². The van der Waals surface area contributed by atoms with Gasteiger partial charge in [-0.3, -0.25) is 4.79 Å². The van der Waals surface area contributed by atoms with E-state index in [2.05, 4.69) is 14.9 Å². The Kier molecular flexibility index (Phi) is 7.14. The Morgan fingerprint density at radius 2 is 1.96 bits per heavy atom. The van der Waals surface area contributed by atoms with Crippen molar-refractivity contribution in [3.8, 4) is 11.5 Å². The van der Waals surface area contributed by atoms with Crippen LogP contribution in [0.3, 0.4) is 0 Å². The van der Waals surface area contributed by atoms with Crippen molar-refractivity contribution in [3.63, 3.8) is 0 Å². The van der Waals surface area contributed by atoms with E-state index in [4.69, 9.17) is 48.7 Å².